The summed E-state index contributed by atoms with van der Waals surface area (Å²) in [5.74, 6) is 0.447. The Hall–Kier alpha value is -3.26. The third-order valence-corrected chi connectivity index (χ3v) is 7.57. The van der Waals surface area contributed by atoms with Crippen LogP contribution < -0.4 is 9.64 Å². The molecule has 3 unspecified atom stereocenters. The van der Waals surface area contributed by atoms with E-state index in [1.54, 1.807) is 24.4 Å². The number of ketones is 1. The molecule has 0 bridgehead atoms. The van der Waals surface area contributed by atoms with Crippen molar-refractivity contribution in [3.05, 3.63) is 59.6 Å². The minimum atomic E-state index is -0.593. The molecule has 7 nitrogen and oxygen atoms in total. The lowest BCUT2D eigenvalue weighted by Gasteiger charge is -2.35. The van der Waals surface area contributed by atoms with E-state index < -0.39 is 6.04 Å². The van der Waals surface area contributed by atoms with E-state index in [0.717, 1.165) is 47.2 Å². The van der Waals surface area contributed by atoms with Gasteiger partial charge in [-0.05, 0) is 49.1 Å². The van der Waals surface area contributed by atoms with Crippen molar-refractivity contribution in [3.63, 3.8) is 0 Å². The number of amides is 1. The zero-order valence-electron chi connectivity index (χ0n) is 17.5. The standard InChI is InChI=1S/C24H21N3O4S/c1-30-14-8-9-16-18(11-14)32-24(26-16)27-20(13-5-4-10-25-12-13)19-21(28)15-6-2-3-7-17(15)31-22(19)23(27)29/h4-5,8-12,15,17,20H,2-3,6-7H2,1H3. The van der Waals surface area contributed by atoms with Crippen LogP contribution in [0.15, 0.2) is 54.1 Å². The molecule has 162 valence electrons. The van der Waals surface area contributed by atoms with E-state index in [9.17, 15) is 9.59 Å². The fourth-order valence-corrected chi connectivity index (χ4v) is 6.04. The summed E-state index contributed by atoms with van der Waals surface area (Å²) in [5.41, 5.74) is 1.99. The van der Waals surface area contributed by atoms with Crippen molar-refractivity contribution in [1.29, 1.82) is 0 Å². The van der Waals surface area contributed by atoms with Crippen LogP contribution in [0.3, 0.4) is 0 Å². The van der Waals surface area contributed by atoms with Crippen LogP contribution in [-0.2, 0) is 14.3 Å². The van der Waals surface area contributed by atoms with Gasteiger partial charge in [-0.1, -0.05) is 23.8 Å². The van der Waals surface area contributed by atoms with E-state index in [0.29, 0.717) is 10.7 Å². The Morgan fingerprint density at radius 1 is 1.19 bits per heavy atom. The van der Waals surface area contributed by atoms with Crippen molar-refractivity contribution in [2.75, 3.05) is 12.0 Å². The number of anilines is 1. The van der Waals surface area contributed by atoms with Gasteiger partial charge in [0.05, 0.1) is 34.9 Å². The molecule has 1 amide bonds. The SMILES string of the molecule is COc1ccc2nc(N3C(=O)C4=C(C(=O)C5CCCCC5O4)C3c3cccnc3)sc2c1. The maximum Gasteiger partial charge on any atom is 0.296 e. The normalized spacial score (nSPS) is 25.0. The van der Waals surface area contributed by atoms with Crippen LogP contribution in [0.25, 0.3) is 10.2 Å². The second kappa shape index (κ2) is 7.41. The minimum absolute atomic E-state index is 0.0310. The number of carbonyl (C=O) groups is 2. The number of methoxy groups -OCH3 is 1. The van der Waals surface area contributed by atoms with Crippen LogP contribution in [-0.4, -0.2) is 34.9 Å². The Kier molecular flexibility index (Phi) is 4.50. The van der Waals surface area contributed by atoms with Gasteiger partial charge < -0.3 is 9.47 Å². The largest absolute Gasteiger partial charge is 0.497 e. The summed E-state index contributed by atoms with van der Waals surface area (Å²) in [5, 5.41) is 0.529. The third kappa shape index (κ3) is 2.86. The van der Waals surface area contributed by atoms with Gasteiger partial charge in [0.1, 0.15) is 11.9 Å². The number of hydrogen-bond acceptors (Lipinski definition) is 7. The van der Waals surface area contributed by atoms with Gasteiger partial charge >= 0.3 is 0 Å². The molecule has 0 N–H and O–H groups in total. The monoisotopic (exact) mass is 447 g/mol. The van der Waals surface area contributed by atoms with E-state index in [1.807, 2.05) is 30.3 Å². The molecule has 2 aliphatic heterocycles. The van der Waals surface area contributed by atoms with E-state index >= 15 is 0 Å². The fourth-order valence-electron chi connectivity index (χ4n) is 5.02. The first-order valence-corrected chi connectivity index (χ1v) is 11.6. The number of hydrogen-bond donors (Lipinski definition) is 0. The summed E-state index contributed by atoms with van der Waals surface area (Å²) in [6.45, 7) is 0. The number of carbonyl (C=O) groups excluding carboxylic acids is 2. The predicted octanol–water partition coefficient (Wildman–Crippen LogP) is 4.20. The number of ether oxygens (including phenoxy) is 2. The summed E-state index contributed by atoms with van der Waals surface area (Å²) in [4.78, 5) is 37.9. The molecule has 32 heavy (non-hydrogen) atoms. The van der Waals surface area contributed by atoms with Crippen LogP contribution in [0.2, 0.25) is 0 Å². The highest BCUT2D eigenvalue weighted by atomic mass is 32.1. The molecule has 1 aromatic carbocycles. The van der Waals surface area contributed by atoms with Crippen molar-refractivity contribution in [1.82, 2.24) is 9.97 Å². The van der Waals surface area contributed by atoms with E-state index in [2.05, 4.69) is 4.98 Å². The van der Waals surface area contributed by atoms with Gasteiger partial charge in [-0.25, -0.2) is 4.98 Å². The second-order valence-electron chi connectivity index (χ2n) is 8.35. The molecule has 8 heteroatoms. The summed E-state index contributed by atoms with van der Waals surface area (Å²) >= 11 is 1.40. The Morgan fingerprint density at radius 2 is 2.06 bits per heavy atom. The van der Waals surface area contributed by atoms with Crippen LogP contribution in [0.1, 0.15) is 37.3 Å². The second-order valence-corrected chi connectivity index (χ2v) is 9.36. The van der Waals surface area contributed by atoms with Gasteiger partial charge in [0.25, 0.3) is 5.91 Å². The molecule has 3 atom stereocenters. The zero-order chi connectivity index (χ0) is 21.8. The molecule has 3 aliphatic rings. The summed E-state index contributed by atoms with van der Waals surface area (Å²) in [7, 11) is 1.62. The van der Waals surface area contributed by atoms with Gasteiger partial charge in [-0.15, -0.1) is 0 Å². The van der Waals surface area contributed by atoms with Crippen molar-refractivity contribution >= 4 is 38.4 Å². The molecule has 1 fully saturated rings. The minimum Gasteiger partial charge on any atom is -0.497 e. The average molecular weight is 448 g/mol. The molecule has 2 aromatic heterocycles. The van der Waals surface area contributed by atoms with E-state index in [1.165, 1.54) is 11.3 Å². The molecule has 0 saturated heterocycles. The van der Waals surface area contributed by atoms with E-state index in [-0.39, 0.29) is 29.5 Å². The molecule has 0 radical (unpaired) electrons. The number of nitrogens with zero attached hydrogens (tertiary/aromatic N) is 3. The van der Waals surface area contributed by atoms with Crippen molar-refractivity contribution < 1.29 is 19.1 Å². The molecule has 1 saturated carbocycles. The lowest BCUT2D eigenvalue weighted by molar-refractivity contribution is -0.131. The van der Waals surface area contributed by atoms with Gasteiger partial charge in [-0.3, -0.25) is 19.5 Å². The summed E-state index contributed by atoms with van der Waals surface area (Å²) in [6, 6.07) is 8.74. The number of benzene rings is 1. The summed E-state index contributed by atoms with van der Waals surface area (Å²) in [6.07, 6.45) is 6.80. The first-order chi connectivity index (χ1) is 15.7. The molecular weight excluding hydrogens is 426 g/mol. The molecule has 1 aliphatic carbocycles. The van der Waals surface area contributed by atoms with Crippen LogP contribution in [0.5, 0.6) is 5.75 Å². The van der Waals surface area contributed by atoms with Gasteiger partial charge in [-0.2, -0.15) is 0 Å². The lowest BCUT2D eigenvalue weighted by Crippen LogP contribution is -2.39. The van der Waals surface area contributed by atoms with Crippen molar-refractivity contribution in [2.45, 2.75) is 37.8 Å². The van der Waals surface area contributed by atoms with Gasteiger partial charge in [0.2, 0.25) is 0 Å². The number of fused-ring (bicyclic) bond motifs is 2. The maximum absolute atomic E-state index is 13.7. The van der Waals surface area contributed by atoms with Gasteiger partial charge in [0, 0.05) is 12.4 Å². The third-order valence-electron chi connectivity index (χ3n) is 6.55. The maximum atomic E-state index is 13.7. The number of pyridine rings is 1. The highest BCUT2D eigenvalue weighted by Crippen LogP contribution is 2.49. The average Bonchev–Trinajstić information content (AvgIpc) is 3.38. The number of aromatic nitrogens is 2. The first-order valence-electron chi connectivity index (χ1n) is 10.8. The number of Topliss-reactive ketones (excluding diaryl/α,β-unsaturated/α-hetero) is 1. The van der Waals surface area contributed by atoms with Gasteiger partial charge in [0.15, 0.2) is 16.7 Å². The zero-order valence-corrected chi connectivity index (χ0v) is 18.3. The first kappa shape index (κ1) is 19.4. The highest BCUT2D eigenvalue weighted by Gasteiger charge is 2.53. The number of thiazole rings is 1. The molecule has 4 heterocycles. The molecule has 6 rings (SSSR count). The molecule has 3 aromatic rings. The smallest absolute Gasteiger partial charge is 0.296 e. The van der Waals surface area contributed by atoms with Crippen molar-refractivity contribution in [2.24, 2.45) is 5.92 Å². The molecular formula is C24H21N3O4S. The van der Waals surface area contributed by atoms with Crippen LogP contribution in [0, 0.1) is 5.92 Å². The van der Waals surface area contributed by atoms with Crippen LogP contribution >= 0.6 is 11.3 Å². The Bertz CT molecular complexity index is 1270. The Morgan fingerprint density at radius 3 is 2.88 bits per heavy atom. The predicted molar refractivity (Wildman–Crippen MR) is 120 cm³/mol. The molecule has 0 spiro atoms. The lowest BCUT2D eigenvalue weighted by atomic mass is 9.78. The quantitative estimate of drug-likeness (QED) is 0.599. The topological polar surface area (TPSA) is 81.6 Å². The fraction of sp³-hybridized carbons (Fsp3) is 0.333. The van der Waals surface area contributed by atoms with E-state index in [4.69, 9.17) is 14.5 Å². The highest BCUT2D eigenvalue weighted by molar-refractivity contribution is 7.22. The Balaban J connectivity index is 1.50. The Labute approximate surface area is 188 Å². The number of rotatable bonds is 3. The van der Waals surface area contributed by atoms with Crippen molar-refractivity contribution in [3.8, 4) is 5.75 Å². The van der Waals surface area contributed by atoms with Crippen LogP contribution in [0.4, 0.5) is 5.13 Å². The summed E-state index contributed by atoms with van der Waals surface area (Å²) < 4.78 is 12.5.